The molecule has 2 aromatic carbocycles. The molecule has 0 aliphatic rings. The summed E-state index contributed by atoms with van der Waals surface area (Å²) in [5, 5.41) is 2.91. The largest absolute Gasteiger partial charge is 0.383 e. The number of carbonyl (C=O) groups excluding carboxylic acids is 1. The molecule has 9 heteroatoms. The normalized spacial score (nSPS) is 12.1. The molecule has 2 heterocycles. The first-order valence-electron chi connectivity index (χ1n) is 12.1. The zero-order chi connectivity index (χ0) is 25.5. The van der Waals surface area contributed by atoms with Gasteiger partial charge in [0.2, 0.25) is 5.91 Å². The van der Waals surface area contributed by atoms with Gasteiger partial charge in [-0.1, -0.05) is 67.6 Å². The molecular weight excluding hydrogens is 458 g/mol. The summed E-state index contributed by atoms with van der Waals surface area (Å²) in [5.41, 5.74) is 1.46. The zero-order valence-electron chi connectivity index (χ0n) is 20.6. The van der Waals surface area contributed by atoms with E-state index in [9.17, 15) is 14.4 Å². The van der Waals surface area contributed by atoms with Gasteiger partial charge in [0.1, 0.15) is 6.54 Å². The molecule has 0 radical (unpaired) electrons. The highest BCUT2D eigenvalue weighted by molar-refractivity contribution is 5.76. The Morgan fingerprint density at radius 1 is 1.03 bits per heavy atom. The number of hydrogen-bond donors (Lipinski definition) is 1. The van der Waals surface area contributed by atoms with Crippen molar-refractivity contribution in [3.05, 3.63) is 99.0 Å². The number of nitrogens with one attached hydrogen (secondary N) is 1. The Morgan fingerprint density at radius 3 is 2.39 bits per heavy atom. The molecule has 1 amide bonds. The zero-order valence-corrected chi connectivity index (χ0v) is 20.6. The highest BCUT2D eigenvalue weighted by atomic mass is 16.5. The Kier molecular flexibility index (Phi) is 8.12. The summed E-state index contributed by atoms with van der Waals surface area (Å²) in [6.45, 7) is 3.11. The first kappa shape index (κ1) is 25.1. The third-order valence-corrected chi connectivity index (χ3v) is 6.31. The summed E-state index contributed by atoms with van der Waals surface area (Å²) in [5.74, 6) is -0.253. The van der Waals surface area contributed by atoms with Crippen LogP contribution in [-0.2, 0) is 29.2 Å². The number of amides is 1. The van der Waals surface area contributed by atoms with Crippen LogP contribution in [0.15, 0.2) is 76.6 Å². The average molecular weight is 490 g/mol. The lowest BCUT2D eigenvalue weighted by atomic mass is 9.96. The first-order valence-corrected chi connectivity index (χ1v) is 12.1. The van der Waals surface area contributed by atoms with Crippen LogP contribution < -0.4 is 16.6 Å². The summed E-state index contributed by atoms with van der Waals surface area (Å²) < 4.78 is 9.27. The lowest BCUT2D eigenvalue weighted by molar-refractivity contribution is -0.121. The van der Waals surface area contributed by atoms with E-state index in [4.69, 9.17) is 4.74 Å². The van der Waals surface area contributed by atoms with Crippen molar-refractivity contribution >= 4 is 17.1 Å². The summed E-state index contributed by atoms with van der Waals surface area (Å²) >= 11 is 0. The van der Waals surface area contributed by atoms with Gasteiger partial charge in [-0.05, 0) is 17.5 Å². The molecule has 0 aliphatic heterocycles. The van der Waals surface area contributed by atoms with Gasteiger partial charge in [-0.15, -0.1) is 0 Å². The molecule has 188 valence electrons. The minimum atomic E-state index is -0.571. The molecule has 1 atom stereocenters. The van der Waals surface area contributed by atoms with E-state index in [0.717, 1.165) is 22.1 Å². The van der Waals surface area contributed by atoms with Crippen molar-refractivity contribution in [2.75, 3.05) is 20.3 Å². The van der Waals surface area contributed by atoms with Crippen LogP contribution in [0, 0.1) is 0 Å². The molecule has 36 heavy (non-hydrogen) atoms. The van der Waals surface area contributed by atoms with E-state index in [2.05, 4.69) is 17.2 Å². The van der Waals surface area contributed by atoms with Crippen LogP contribution in [0.2, 0.25) is 0 Å². The third kappa shape index (κ3) is 5.46. The summed E-state index contributed by atoms with van der Waals surface area (Å²) in [6, 6.07) is 19.4. The number of carbonyl (C=O) groups is 1. The predicted octanol–water partition coefficient (Wildman–Crippen LogP) is 2.36. The van der Waals surface area contributed by atoms with Gasteiger partial charge in [-0.2, -0.15) is 0 Å². The fourth-order valence-corrected chi connectivity index (χ4v) is 4.31. The number of hydrogen-bond acceptors (Lipinski definition) is 5. The molecule has 1 unspecified atom stereocenters. The minimum absolute atomic E-state index is 0.138. The van der Waals surface area contributed by atoms with Gasteiger partial charge >= 0.3 is 5.69 Å². The van der Waals surface area contributed by atoms with E-state index in [1.165, 1.54) is 10.9 Å². The van der Waals surface area contributed by atoms with Crippen LogP contribution in [0.4, 0.5) is 0 Å². The number of fused-ring (bicyclic) bond motifs is 1. The molecular formula is C27H31N5O4. The maximum Gasteiger partial charge on any atom is 0.333 e. The van der Waals surface area contributed by atoms with Crippen molar-refractivity contribution in [1.29, 1.82) is 0 Å². The molecule has 0 saturated heterocycles. The fraction of sp³-hybridized carbons (Fsp3) is 0.333. The molecule has 9 nitrogen and oxygen atoms in total. The Balaban J connectivity index is 1.66. The summed E-state index contributed by atoms with van der Waals surface area (Å²) in [4.78, 5) is 44.2. The number of nitrogens with zero attached hydrogens (tertiary/aromatic N) is 4. The predicted molar refractivity (Wildman–Crippen MR) is 138 cm³/mol. The lowest BCUT2D eigenvalue weighted by Crippen LogP contribution is -2.45. The molecule has 0 fully saturated rings. The number of rotatable bonds is 11. The van der Waals surface area contributed by atoms with Crippen molar-refractivity contribution in [2.24, 2.45) is 0 Å². The van der Waals surface area contributed by atoms with E-state index < -0.39 is 17.2 Å². The number of aromatic nitrogens is 4. The van der Waals surface area contributed by atoms with Crippen molar-refractivity contribution < 1.29 is 9.53 Å². The van der Waals surface area contributed by atoms with Crippen LogP contribution >= 0.6 is 0 Å². The lowest BCUT2D eigenvalue weighted by Gasteiger charge is -2.17. The Labute approximate surface area is 209 Å². The van der Waals surface area contributed by atoms with Crippen molar-refractivity contribution in [3.63, 3.8) is 0 Å². The topological polar surface area (TPSA) is 100 Å². The highest BCUT2D eigenvalue weighted by Crippen LogP contribution is 2.18. The van der Waals surface area contributed by atoms with Gasteiger partial charge in [0.25, 0.3) is 5.56 Å². The molecule has 2 aromatic heterocycles. The maximum atomic E-state index is 13.5. The van der Waals surface area contributed by atoms with Crippen molar-refractivity contribution in [1.82, 2.24) is 24.0 Å². The van der Waals surface area contributed by atoms with E-state index in [0.29, 0.717) is 19.7 Å². The Morgan fingerprint density at radius 2 is 1.72 bits per heavy atom. The molecule has 0 spiro atoms. The van der Waals surface area contributed by atoms with E-state index in [-0.39, 0.29) is 30.2 Å². The van der Waals surface area contributed by atoms with Crippen molar-refractivity contribution in [3.8, 4) is 0 Å². The van der Waals surface area contributed by atoms with Gasteiger partial charge < -0.3 is 14.6 Å². The van der Waals surface area contributed by atoms with E-state index >= 15 is 0 Å². The molecule has 4 rings (SSSR count). The SMILES string of the molecule is CCC(CNC(=O)Cn1c(=O)c2c(ncn2CCOC)n(Cc2ccccc2)c1=O)c1ccccc1. The number of benzene rings is 2. The van der Waals surface area contributed by atoms with Gasteiger partial charge in [-0.3, -0.25) is 14.2 Å². The van der Waals surface area contributed by atoms with Crippen LogP contribution in [0.5, 0.6) is 0 Å². The molecule has 0 aliphatic carbocycles. The number of methoxy groups -OCH3 is 1. The monoisotopic (exact) mass is 489 g/mol. The fourth-order valence-electron chi connectivity index (χ4n) is 4.31. The number of ether oxygens (including phenoxy) is 1. The van der Waals surface area contributed by atoms with Gasteiger partial charge in [0, 0.05) is 26.1 Å². The van der Waals surface area contributed by atoms with Crippen LogP contribution in [-0.4, -0.2) is 44.9 Å². The van der Waals surface area contributed by atoms with Gasteiger partial charge in [0.05, 0.1) is 19.5 Å². The first-order chi connectivity index (χ1) is 17.5. The van der Waals surface area contributed by atoms with Crippen LogP contribution in [0.3, 0.4) is 0 Å². The van der Waals surface area contributed by atoms with Gasteiger partial charge in [0.15, 0.2) is 11.2 Å². The second kappa shape index (κ2) is 11.6. The van der Waals surface area contributed by atoms with Gasteiger partial charge in [-0.25, -0.2) is 14.3 Å². The third-order valence-electron chi connectivity index (χ3n) is 6.31. The summed E-state index contributed by atoms with van der Waals surface area (Å²) in [7, 11) is 1.58. The Bertz CT molecular complexity index is 1420. The quantitative estimate of drug-likeness (QED) is 0.349. The summed E-state index contributed by atoms with van der Waals surface area (Å²) in [6.07, 6.45) is 2.38. The maximum absolute atomic E-state index is 13.5. The second-order valence-corrected chi connectivity index (χ2v) is 8.67. The van der Waals surface area contributed by atoms with Crippen LogP contribution in [0.25, 0.3) is 11.2 Å². The van der Waals surface area contributed by atoms with E-state index in [1.54, 1.807) is 11.7 Å². The molecule has 1 N–H and O–H groups in total. The second-order valence-electron chi connectivity index (χ2n) is 8.67. The number of imidazole rings is 1. The van der Waals surface area contributed by atoms with E-state index in [1.807, 2.05) is 60.7 Å². The molecule has 4 aromatic rings. The van der Waals surface area contributed by atoms with Crippen LogP contribution in [0.1, 0.15) is 30.4 Å². The average Bonchev–Trinajstić information content (AvgIpc) is 3.33. The Hall–Kier alpha value is -3.98. The smallest absolute Gasteiger partial charge is 0.333 e. The standard InChI is InChI=1S/C27H31N5O4/c1-3-21(22-12-8-5-9-13-22)16-28-23(33)18-32-26(34)24-25(29-19-30(24)14-15-36-2)31(27(32)35)17-20-10-6-4-7-11-20/h4-13,19,21H,3,14-18H2,1-2H3,(H,28,33). The minimum Gasteiger partial charge on any atom is -0.383 e. The molecule has 0 saturated carbocycles. The highest BCUT2D eigenvalue weighted by Gasteiger charge is 2.20. The molecule has 0 bridgehead atoms. The van der Waals surface area contributed by atoms with Crippen molar-refractivity contribution in [2.45, 2.75) is 38.9 Å².